The first kappa shape index (κ1) is 18.4. The number of hydrogen-bond acceptors (Lipinski definition) is 3. The lowest BCUT2D eigenvalue weighted by Gasteiger charge is -2.46. The normalized spacial score (nSPS) is 27.3. The molecule has 0 aromatic carbocycles. The molecule has 4 heteroatoms. The van der Waals surface area contributed by atoms with E-state index in [-0.39, 0.29) is 17.4 Å². The Balaban J connectivity index is 2.94. The van der Waals surface area contributed by atoms with Gasteiger partial charge in [0.15, 0.2) is 0 Å². The molecule has 1 rings (SSSR count). The summed E-state index contributed by atoms with van der Waals surface area (Å²) in [5.41, 5.74) is 0.242. The van der Waals surface area contributed by atoms with E-state index in [0.29, 0.717) is 18.6 Å². The molecule has 3 unspecified atom stereocenters. The minimum absolute atomic E-state index is 0.121. The zero-order valence-corrected chi connectivity index (χ0v) is 14.6. The van der Waals surface area contributed by atoms with E-state index < -0.39 is 5.97 Å². The van der Waals surface area contributed by atoms with Gasteiger partial charge in [0.1, 0.15) is 0 Å². The van der Waals surface area contributed by atoms with Gasteiger partial charge < -0.3 is 9.84 Å². The highest BCUT2D eigenvalue weighted by atomic mass is 16.5. The van der Waals surface area contributed by atoms with Crippen molar-refractivity contribution in [3.05, 3.63) is 0 Å². The Morgan fingerprint density at radius 3 is 2.38 bits per heavy atom. The van der Waals surface area contributed by atoms with E-state index in [1.807, 2.05) is 0 Å². The van der Waals surface area contributed by atoms with Crippen molar-refractivity contribution < 1.29 is 14.6 Å². The summed E-state index contributed by atoms with van der Waals surface area (Å²) in [5.74, 6) is -0.305. The van der Waals surface area contributed by atoms with Crippen LogP contribution in [-0.4, -0.2) is 48.3 Å². The van der Waals surface area contributed by atoms with Crippen molar-refractivity contribution in [2.45, 2.75) is 66.0 Å². The van der Waals surface area contributed by atoms with Gasteiger partial charge in [-0.05, 0) is 44.4 Å². The largest absolute Gasteiger partial charge is 0.481 e. The van der Waals surface area contributed by atoms with Crippen molar-refractivity contribution in [1.82, 2.24) is 4.90 Å². The molecule has 0 heterocycles. The van der Waals surface area contributed by atoms with E-state index >= 15 is 0 Å². The van der Waals surface area contributed by atoms with Gasteiger partial charge in [-0.3, -0.25) is 9.69 Å². The lowest BCUT2D eigenvalue weighted by Crippen LogP contribution is -2.52. The van der Waals surface area contributed by atoms with E-state index in [0.717, 1.165) is 25.8 Å². The Morgan fingerprint density at radius 2 is 1.95 bits per heavy atom. The fraction of sp³-hybridized carbons (Fsp3) is 0.941. The van der Waals surface area contributed by atoms with Crippen LogP contribution in [0, 0.1) is 17.3 Å². The van der Waals surface area contributed by atoms with E-state index in [1.54, 1.807) is 7.11 Å². The van der Waals surface area contributed by atoms with E-state index in [9.17, 15) is 9.90 Å². The maximum absolute atomic E-state index is 11.7. The van der Waals surface area contributed by atoms with Crippen molar-refractivity contribution in [3.63, 3.8) is 0 Å². The van der Waals surface area contributed by atoms with Gasteiger partial charge in [-0.15, -0.1) is 0 Å². The molecule has 3 atom stereocenters. The van der Waals surface area contributed by atoms with E-state index in [4.69, 9.17) is 4.74 Å². The van der Waals surface area contributed by atoms with Crippen molar-refractivity contribution in [2.75, 3.05) is 20.3 Å². The van der Waals surface area contributed by atoms with Crippen LogP contribution in [0.2, 0.25) is 0 Å². The number of methoxy groups -OCH3 is 1. The van der Waals surface area contributed by atoms with Crippen LogP contribution in [0.5, 0.6) is 0 Å². The van der Waals surface area contributed by atoms with Crippen LogP contribution in [-0.2, 0) is 9.53 Å². The zero-order valence-electron chi connectivity index (χ0n) is 14.6. The third kappa shape index (κ3) is 4.96. The number of aliphatic carboxylic acids is 1. The molecule has 21 heavy (non-hydrogen) atoms. The number of ether oxygens (including phenoxy) is 1. The predicted octanol–water partition coefficient (Wildman–Crippen LogP) is 3.26. The summed E-state index contributed by atoms with van der Waals surface area (Å²) in [7, 11) is 1.70. The van der Waals surface area contributed by atoms with Crippen LogP contribution in [0.1, 0.15) is 53.9 Å². The molecule has 0 saturated heterocycles. The van der Waals surface area contributed by atoms with E-state index in [2.05, 4.69) is 39.5 Å². The van der Waals surface area contributed by atoms with Gasteiger partial charge >= 0.3 is 5.97 Å². The molecule has 1 fully saturated rings. The molecular formula is C17H33NO3. The quantitative estimate of drug-likeness (QED) is 0.818. The first-order valence-electron chi connectivity index (χ1n) is 8.16. The molecule has 1 aliphatic rings. The average Bonchev–Trinajstić information content (AvgIpc) is 2.37. The minimum Gasteiger partial charge on any atom is -0.481 e. The van der Waals surface area contributed by atoms with Crippen LogP contribution in [0.25, 0.3) is 0 Å². The fourth-order valence-corrected chi connectivity index (χ4v) is 3.59. The summed E-state index contributed by atoms with van der Waals surface area (Å²) in [5, 5.41) is 9.60. The second kappa shape index (κ2) is 7.59. The van der Waals surface area contributed by atoms with Crippen LogP contribution in [0.3, 0.4) is 0 Å². The Hall–Kier alpha value is -0.610. The lowest BCUT2D eigenvalue weighted by molar-refractivity contribution is -0.147. The molecule has 0 radical (unpaired) electrons. The first-order chi connectivity index (χ1) is 9.68. The highest BCUT2D eigenvalue weighted by Gasteiger charge is 2.42. The van der Waals surface area contributed by atoms with Crippen molar-refractivity contribution in [3.8, 4) is 0 Å². The number of rotatable bonds is 6. The smallest absolute Gasteiger partial charge is 0.308 e. The van der Waals surface area contributed by atoms with Crippen molar-refractivity contribution >= 4 is 5.97 Å². The SMILES string of the molecule is COCCN(C(C)C)C1CC(C(C)(C)C)CCC1C(=O)O. The summed E-state index contributed by atoms with van der Waals surface area (Å²) >= 11 is 0. The highest BCUT2D eigenvalue weighted by Crippen LogP contribution is 2.42. The third-order valence-electron chi connectivity index (χ3n) is 5.00. The van der Waals surface area contributed by atoms with Crippen LogP contribution < -0.4 is 0 Å². The standard InChI is InChI=1S/C17H33NO3/c1-12(2)18(9-10-21-6)15-11-13(17(3,4)5)7-8-14(15)16(19)20/h12-15H,7-11H2,1-6H3,(H,19,20). The topological polar surface area (TPSA) is 49.8 Å². The van der Waals surface area contributed by atoms with Gasteiger partial charge in [0, 0.05) is 25.7 Å². The molecule has 0 amide bonds. The second-order valence-electron chi connectivity index (χ2n) is 7.71. The maximum atomic E-state index is 11.7. The molecule has 0 aliphatic heterocycles. The molecule has 1 aliphatic carbocycles. The predicted molar refractivity (Wildman–Crippen MR) is 85.4 cm³/mol. The molecule has 1 N–H and O–H groups in total. The molecule has 124 valence electrons. The van der Waals surface area contributed by atoms with Gasteiger partial charge in [0.2, 0.25) is 0 Å². The molecule has 1 saturated carbocycles. The monoisotopic (exact) mass is 299 g/mol. The number of hydrogen-bond donors (Lipinski definition) is 1. The van der Waals surface area contributed by atoms with Crippen LogP contribution in [0.15, 0.2) is 0 Å². The van der Waals surface area contributed by atoms with Gasteiger partial charge in [0.05, 0.1) is 12.5 Å². The number of carbonyl (C=O) groups is 1. The van der Waals surface area contributed by atoms with Crippen LogP contribution in [0.4, 0.5) is 0 Å². The Bertz CT molecular complexity index is 335. The summed E-state index contributed by atoms with van der Waals surface area (Å²) in [6.07, 6.45) is 2.79. The van der Waals surface area contributed by atoms with E-state index in [1.165, 1.54) is 0 Å². The first-order valence-corrected chi connectivity index (χ1v) is 8.16. The highest BCUT2D eigenvalue weighted by molar-refractivity contribution is 5.71. The van der Waals surface area contributed by atoms with Gasteiger partial charge in [-0.25, -0.2) is 0 Å². The van der Waals surface area contributed by atoms with Crippen molar-refractivity contribution in [1.29, 1.82) is 0 Å². The van der Waals surface area contributed by atoms with Crippen LogP contribution >= 0.6 is 0 Å². The summed E-state index contributed by atoms with van der Waals surface area (Å²) in [6.45, 7) is 12.6. The number of carboxylic acid groups (broad SMARTS) is 1. The number of nitrogens with zero attached hydrogens (tertiary/aromatic N) is 1. The van der Waals surface area contributed by atoms with Gasteiger partial charge in [0.25, 0.3) is 0 Å². The Kier molecular flexibility index (Phi) is 6.67. The summed E-state index contributed by atoms with van der Waals surface area (Å²) < 4.78 is 5.21. The third-order valence-corrected chi connectivity index (χ3v) is 5.00. The molecular weight excluding hydrogens is 266 g/mol. The summed E-state index contributed by atoms with van der Waals surface area (Å²) in [4.78, 5) is 14.0. The average molecular weight is 299 g/mol. The molecule has 0 aromatic heterocycles. The van der Waals surface area contributed by atoms with Gasteiger partial charge in [-0.1, -0.05) is 20.8 Å². The molecule has 0 spiro atoms. The molecule has 4 nitrogen and oxygen atoms in total. The van der Waals surface area contributed by atoms with Crippen molar-refractivity contribution in [2.24, 2.45) is 17.3 Å². The number of carboxylic acids is 1. The molecule has 0 aromatic rings. The summed E-state index contributed by atoms with van der Waals surface area (Å²) in [6, 6.07) is 0.460. The second-order valence-corrected chi connectivity index (χ2v) is 7.71. The Morgan fingerprint density at radius 1 is 1.33 bits per heavy atom. The van der Waals surface area contributed by atoms with Gasteiger partial charge in [-0.2, -0.15) is 0 Å². The lowest BCUT2D eigenvalue weighted by atomic mass is 9.67. The fourth-order valence-electron chi connectivity index (χ4n) is 3.59. The minimum atomic E-state index is -0.643. The zero-order chi connectivity index (χ0) is 16.2. The molecule has 0 bridgehead atoms. The Labute approximate surface area is 129 Å². The maximum Gasteiger partial charge on any atom is 0.308 e.